The molecule has 0 aromatic heterocycles. The van der Waals surface area contributed by atoms with Gasteiger partial charge in [-0.15, -0.1) is 0 Å². The van der Waals surface area contributed by atoms with E-state index in [4.69, 9.17) is 4.74 Å². The molecular formula is C31H50O2. The van der Waals surface area contributed by atoms with Crippen LogP contribution in [0.25, 0.3) is 0 Å². The molecule has 2 nitrogen and oxygen atoms in total. The van der Waals surface area contributed by atoms with Gasteiger partial charge in [0, 0.05) is 24.9 Å². The lowest BCUT2D eigenvalue weighted by Gasteiger charge is -2.72. The molecule has 0 radical (unpaired) electrons. The second-order valence-corrected chi connectivity index (χ2v) is 14.8. The summed E-state index contributed by atoms with van der Waals surface area (Å²) < 4.78 is 6.44. The predicted octanol–water partition coefficient (Wildman–Crippen LogP) is 7.86. The maximum atomic E-state index is 13.0. The molecule has 0 heterocycles. The molecule has 10 unspecified atom stereocenters. The summed E-state index contributed by atoms with van der Waals surface area (Å²) in [5.41, 5.74) is 2.61. The van der Waals surface area contributed by atoms with Gasteiger partial charge in [-0.05, 0) is 90.3 Å². The van der Waals surface area contributed by atoms with Crippen LogP contribution in [-0.4, -0.2) is 19.0 Å². The number of rotatable bonds is 1. The van der Waals surface area contributed by atoms with Crippen LogP contribution in [0.3, 0.4) is 0 Å². The minimum Gasteiger partial charge on any atom is -0.377 e. The summed E-state index contributed by atoms with van der Waals surface area (Å²) in [4.78, 5) is 13.0. The van der Waals surface area contributed by atoms with Crippen LogP contribution in [-0.2, 0) is 9.53 Å². The van der Waals surface area contributed by atoms with Gasteiger partial charge in [-0.1, -0.05) is 67.0 Å². The molecular weight excluding hydrogens is 404 g/mol. The van der Waals surface area contributed by atoms with Crippen molar-refractivity contribution in [3.05, 3.63) is 11.6 Å². The van der Waals surface area contributed by atoms with Gasteiger partial charge in [-0.2, -0.15) is 0 Å². The Kier molecular flexibility index (Phi) is 5.26. The van der Waals surface area contributed by atoms with E-state index >= 15 is 0 Å². The number of ketones is 1. The highest BCUT2D eigenvalue weighted by atomic mass is 16.5. The minimum atomic E-state index is -0.212. The van der Waals surface area contributed by atoms with Crippen LogP contribution >= 0.6 is 0 Å². The maximum absolute atomic E-state index is 13.0. The van der Waals surface area contributed by atoms with Crippen LogP contribution in [0.1, 0.15) is 107 Å². The van der Waals surface area contributed by atoms with Gasteiger partial charge in [0.15, 0.2) is 0 Å². The van der Waals surface area contributed by atoms with Gasteiger partial charge in [0.05, 0.1) is 6.10 Å². The number of fused-ring (bicyclic) bond motifs is 7. The molecule has 4 fully saturated rings. The average Bonchev–Trinajstić information content (AvgIpc) is 2.74. The van der Waals surface area contributed by atoms with Crippen LogP contribution in [0.15, 0.2) is 11.6 Å². The Morgan fingerprint density at radius 3 is 2.27 bits per heavy atom. The Bertz CT molecular complexity index is 870. The first-order valence-corrected chi connectivity index (χ1v) is 14.0. The van der Waals surface area contributed by atoms with Crippen LogP contribution < -0.4 is 0 Å². The van der Waals surface area contributed by atoms with Crippen molar-refractivity contribution in [1.29, 1.82) is 0 Å². The maximum Gasteiger partial charge on any atom is 0.138 e. The van der Waals surface area contributed by atoms with E-state index < -0.39 is 0 Å². The van der Waals surface area contributed by atoms with Crippen molar-refractivity contribution in [3.8, 4) is 0 Å². The van der Waals surface area contributed by atoms with Crippen molar-refractivity contribution >= 4 is 5.78 Å². The van der Waals surface area contributed by atoms with Crippen LogP contribution in [0.5, 0.6) is 0 Å². The highest BCUT2D eigenvalue weighted by Crippen LogP contribution is 2.75. The lowest BCUT2D eigenvalue weighted by molar-refractivity contribution is -0.210. The molecule has 0 aromatic rings. The number of methoxy groups -OCH3 is 1. The van der Waals surface area contributed by atoms with Crippen LogP contribution in [0.4, 0.5) is 0 Å². The SMILES string of the molecule is COC1C=C2C3C(C)C(C)CCC3(C)CCC2(C)C2(C)CCC3C(C)(C)C(=O)CCC3(C)C12. The molecule has 0 aromatic carbocycles. The first-order chi connectivity index (χ1) is 15.3. The third-order valence-corrected chi connectivity index (χ3v) is 13.3. The quantitative estimate of drug-likeness (QED) is 0.377. The molecule has 0 aliphatic heterocycles. The van der Waals surface area contributed by atoms with Crippen molar-refractivity contribution in [2.45, 2.75) is 113 Å². The molecule has 0 amide bonds. The highest BCUT2D eigenvalue weighted by molar-refractivity contribution is 5.85. The predicted molar refractivity (Wildman–Crippen MR) is 136 cm³/mol. The van der Waals surface area contributed by atoms with Crippen molar-refractivity contribution in [1.82, 2.24) is 0 Å². The fraction of sp³-hybridized carbons (Fsp3) is 0.903. The fourth-order valence-electron chi connectivity index (χ4n) is 10.9. The largest absolute Gasteiger partial charge is 0.377 e. The lowest BCUT2D eigenvalue weighted by atomic mass is 9.33. The lowest BCUT2D eigenvalue weighted by Crippen LogP contribution is -2.67. The summed E-state index contributed by atoms with van der Waals surface area (Å²) in [6.07, 6.45) is 12.5. The van der Waals surface area contributed by atoms with Crippen molar-refractivity contribution in [2.24, 2.45) is 56.7 Å². The average molecular weight is 455 g/mol. The number of hydrogen-bond donors (Lipinski definition) is 0. The fourth-order valence-corrected chi connectivity index (χ4v) is 10.9. The van der Waals surface area contributed by atoms with E-state index in [1.165, 1.54) is 38.5 Å². The zero-order valence-electron chi connectivity index (χ0n) is 23.0. The van der Waals surface area contributed by atoms with Gasteiger partial charge in [-0.25, -0.2) is 0 Å². The zero-order chi connectivity index (χ0) is 24.2. The van der Waals surface area contributed by atoms with E-state index in [0.717, 1.165) is 24.7 Å². The van der Waals surface area contributed by atoms with Gasteiger partial charge in [-0.3, -0.25) is 4.79 Å². The smallest absolute Gasteiger partial charge is 0.138 e. The summed E-state index contributed by atoms with van der Waals surface area (Å²) in [5, 5.41) is 0. The van der Waals surface area contributed by atoms with Gasteiger partial charge >= 0.3 is 0 Å². The number of carbonyl (C=O) groups is 1. The van der Waals surface area contributed by atoms with E-state index in [2.05, 4.69) is 61.5 Å². The summed E-state index contributed by atoms with van der Waals surface area (Å²) in [7, 11) is 1.95. The molecule has 5 aliphatic rings. The van der Waals surface area contributed by atoms with Gasteiger partial charge in [0.2, 0.25) is 0 Å². The summed E-state index contributed by atoms with van der Waals surface area (Å²) in [6, 6.07) is 0. The Morgan fingerprint density at radius 2 is 1.61 bits per heavy atom. The number of ether oxygens (including phenoxy) is 1. The molecule has 10 atom stereocenters. The number of hydrogen-bond acceptors (Lipinski definition) is 2. The Hall–Kier alpha value is -0.630. The normalized spacial score (nSPS) is 55.5. The molecule has 5 rings (SSSR count). The topological polar surface area (TPSA) is 26.3 Å². The molecule has 33 heavy (non-hydrogen) atoms. The monoisotopic (exact) mass is 454 g/mol. The molecule has 5 aliphatic carbocycles. The zero-order valence-corrected chi connectivity index (χ0v) is 23.0. The highest BCUT2D eigenvalue weighted by Gasteiger charge is 2.70. The Morgan fingerprint density at radius 1 is 0.909 bits per heavy atom. The van der Waals surface area contributed by atoms with Crippen LogP contribution in [0.2, 0.25) is 0 Å². The van der Waals surface area contributed by atoms with Crippen molar-refractivity contribution in [3.63, 3.8) is 0 Å². The molecule has 0 spiro atoms. The van der Waals surface area contributed by atoms with E-state index in [1.54, 1.807) is 5.57 Å². The number of carbonyl (C=O) groups excluding carboxylic acids is 1. The summed E-state index contributed by atoms with van der Waals surface area (Å²) >= 11 is 0. The summed E-state index contributed by atoms with van der Waals surface area (Å²) in [6.45, 7) is 19.9. The number of allylic oxidation sites excluding steroid dienone is 1. The van der Waals surface area contributed by atoms with E-state index in [9.17, 15) is 4.79 Å². The third kappa shape index (κ3) is 2.85. The first-order valence-electron chi connectivity index (χ1n) is 14.0. The third-order valence-electron chi connectivity index (χ3n) is 13.3. The molecule has 0 bridgehead atoms. The summed E-state index contributed by atoms with van der Waals surface area (Å²) in [5.74, 6) is 3.66. The van der Waals surface area contributed by atoms with E-state index in [0.29, 0.717) is 29.0 Å². The first kappa shape index (κ1) is 24.1. The molecule has 0 saturated heterocycles. The Balaban J connectivity index is 1.67. The molecule has 2 heteroatoms. The minimum absolute atomic E-state index is 0.155. The molecule has 186 valence electrons. The number of Topliss-reactive ketones (excluding diaryl/α,β-unsaturated/α-hetero) is 1. The van der Waals surface area contributed by atoms with Gasteiger partial charge in [0.25, 0.3) is 0 Å². The second kappa shape index (κ2) is 7.21. The standard InChI is InChI=1S/C31H50O2/c1-19-10-13-28(5)16-17-30(7)21(25(28)20(19)2)18-22(33-9)26-29(6)14-12-24(32)27(3,4)23(29)11-15-31(26,30)8/h18-20,22-23,25-26H,10-17H2,1-9H3. The van der Waals surface area contributed by atoms with Crippen LogP contribution in [0, 0.1) is 56.7 Å². The van der Waals surface area contributed by atoms with Gasteiger partial charge in [0.1, 0.15) is 5.78 Å². The van der Waals surface area contributed by atoms with E-state index in [-0.39, 0.29) is 27.8 Å². The van der Waals surface area contributed by atoms with Gasteiger partial charge < -0.3 is 4.74 Å². The van der Waals surface area contributed by atoms with Crippen molar-refractivity contribution in [2.75, 3.05) is 7.11 Å². The van der Waals surface area contributed by atoms with E-state index in [1.807, 2.05) is 7.11 Å². The van der Waals surface area contributed by atoms with Crippen molar-refractivity contribution < 1.29 is 9.53 Å². The second-order valence-electron chi connectivity index (χ2n) is 14.8. The molecule has 4 saturated carbocycles. The Labute approximate surface area is 203 Å². The molecule has 0 N–H and O–H groups in total.